The Morgan fingerprint density at radius 3 is 2.46 bits per heavy atom. The standard InChI is InChI=1S/C21H23N3O2/c25-21(23-18-7-11-22-12-8-18)17-9-13-24(14-10-17)19-5-3-16(4-6-19)20-2-1-15-26-20/h2-8,11-12,17H,1,9-10,13-15H2,(H,22,23,25). The highest BCUT2D eigenvalue weighted by Gasteiger charge is 2.25. The van der Waals surface area contributed by atoms with Crippen LogP contribution in [0.1, 0.15) is 24.8 Å². The maximum absolute atomic E-state index is 12.4. The molecule has 0 bridgehead atoms. The summed E-state index contributed by atoms with van der Waals surface area (Å²) in [5.74, 6) is 1.16. The highest BCUT2D eigenvalue weighted by molar-refractivity contribution is 5.92. The SMILES string of the molecule is O=C(Nc1ccncc1)C1CCN(c2ccc(C3=CCCO3)cc2)CC1. The fraction of sp³-hybridized carbons (Fsp3) is 0.333. The first kappa shape index (κ1) is 16.6. The number of hydrogen-bond donors (Lipinski definition) is 1. The summed E-state index contributed by atoms with van der Waals surface area (Å²) >= 11 is 0. The van der Waals surface area contributed by atoms with E-state index in [-0.39, 0.29) is 11.8 Å². The summed E-state index contributed by atoms with van der Waals surface area (Å²) in [4.78, 5) is 18.8. The van der Waals surface area contributed by atoms with Crippen LogP contribution in [0.5, 0.6) is 0 Å². The molecule has 0 saturated carbocycles. The summed E-state index contributed by atoms with van der Waals surface area (Å²) in [5, 5.41) is 2.99. The number of anilines is 2. The van der Waals surface area contributed by atoms with Gasteiger partial charge in [0.2, 0.25) is 5.91 Å². The molecule has 3 heterocycles. The third-order valence-electron chi connectivity index (χ3n) is 5.04. The van der Waals surface area contributed by atoms with Gasteiger partial charge in [-0.15, -0.1) is 0 Å². The van der Waals surface area contributed by atoms with Crippen molar-refractivity contribution in [2.75, 3.05) is 29.9 Å². The summed E-state index contributed by atoms with van der Waals surface area (Å²) in [6, 6.07) is 12.2. The normalized spacial score (nSPS) is 17.5. The van der Waals surface area contributed by atoms with Gasteiger partial charge in [-0.05, 0) is 55.3 Å². The van der Waals surface area contributed by atoms with Crippen LogP contribution in [0.25, 0.3) is 5.76 Å². The molecule has 0 unspecified atom stereocenters. The summed E-state index contributed by atoms with van der Waals surface area (Å²) in [6.45, 7) is 2.58. The number of amides is 1. The van der Waals surface area contributed by atoms with E-state index in [9.17, 15) is 4.79 Å². The second-order valence-corrected chi connectivity index (χ2v) is 6.74. The maximum atomic E-state index is 12.4. The van der Waals surface area contributed by atoms with E-state index in [1.54, 1.807) is 12.4 Å². The first-order chi connectivity index (χ1) is 12.8. The molecule has 2 aliphatic heterocycles. The molecule has 1 aromatic heterocycles. The zero-order valence-electron chi connectivity index (χ0n) is 14.7. The van der Waals surface area contributed by atoms with E-state index >= 15 is 0 Å². The molecule has 1 amide bonds. The van der Waals surface area contributed by atoms with Crippen LogP contribution in [0.15, 0.2) is 54.9 Å². The second-order valence-electron chi connectivity index (χ2n) is 6.74. The van der Waals surface area contributed by atoms with Gasteiger partial charge in [-0.1, -0.05) is 0 Å². The molecular weight excluding hydrogens is 326 g/mol. The van der Waals surface area contributed by atoms with Crippen LogP contribution < -0.4 is 10.2 Å². The van der Waals surface area contributed by atoms with Gasteiger partial charge in [0.1, 0.15) is 5.76 Å². The summed E-state index contributed by atoms with van der Waals surface area (Å²) in [5.41, 5.74) is 3.16. The fourth-order valence-corrected chi connectivity index (χ4v) is 3.53. The minimum Gasteiger partial charge on any atom is -0.493 e. The number of rotatable bonds is 4. The van der Waals surface area contributed by atoms with Gasteiger partial charge >= 0.3 is 0 Å². The largest absolute Gasteiger partial charge is 0.493 e. The third kappa shape index (κ3) is 3.72. The van der Waals surface area contributed by atoms with Crippen molar-refractivity contribution in [2.24, 2.45) is 5.92 Å². The molecule has 0 radical (unpaired) electrons. The number of carbonyl (C=O) groups is 1. The Morgan fingerprint density at radius 2 is 1.81 bits per heavy atom. The van der Waals surface area contributed by atoms with Gasteiger partial charge in [0.05, 0.1) is 6.61 Å². The lowest BCUT2D eigenvalue weighted by atomic mass is 9.95. The number of benzene rings is 1. The number of hydrogen-bond acceptors (Lipinski definition) is 4. The number of nitrogens with zero attached hydrogens (tertiary/aromatic N) is 2. The summed E-state index contributed by atoms with van der Waals surface area (Å²) in [7, 11) is 0. The van der Waals surface area contributed by atoms with Crippen molar-refractivity contribution < 1.29 is 9.53 Å². The Bertz CT molecular complexity index is 779. The van der Waals surface area contributed by atoms with E-state index in [1.807, 2.05) is 12.1 Å². The molecule has 2 aliphatic rings. The molecule has 1 N–H and O–H groups in total. The number of carbonyl (C=O) groups excluding carboxylic acids is 1. The van der Waals surface area contributed by atoms with Gasteiger partial charge < -0.3 is 15.0 Å². The quantitative estimate of drug-likeness (QED) is 0.914. The average Bonchev–Trinajstić information content (AvgIpc) is 3.24. The minimum atomic E-state index is 0.0655. The van der Waals surface area contributed by atoms with Crippen molar-refractivity contribution in [1.82, 2.24) is 4.98 Å². The Labute approximate surface area is 153 Å². The van der Waals surface area contributed by atoms with Crippen LogP contribution in [0.3, 0.4) is 0 Å². The van der Waals surface area contributed by atoms with Gasteiger partial charge in [-0.2, -0.15) is 0 Å². The van der Waals surface area contributed by atoms with Crippen molar-refractivity contribution in [3.63, 3.8) is 0 Å². The third-order valence-corrected chi connectivity index (χ3v) is 5.04. The van der Waals surface area contributed by atoms with Gasteiger partial charge in [-0.3, -0.25) is 9.78 Å². The van der Waals surface area contributed by atoms with Crippen molar-refractivity contribution in [3.8, 4) is 0 Å². The lowest BCUT2D eigenvalue weighted by Crippen LogP contribution is -2.38. The zero-order chi connectivity index (χ0) is 17.8. The van der Waals surface area contributed by atoms with Crippen LogP contribution in [-0.2, 0) is 9.53 Å². The average molecular weight is 349 g/mol. The molecule has 5 nitrogen and oxygen atoms in total. The van der Waals surface area contributed by atoms with Crippen LogP contribution >= 0.6 is 0 Å². The summed E-state index contributed by atoms with van der Waals surface area (Å²) in [6.07, 6.45) is 8.25. The Kier molecular flexibility index (Phi) is 4.86. The predicted octanol–water partition coefficient (Wildman–Crippen LogP) is 3.70. The van der Waals surface area contributed by atoms with Crippen LogP contribution in [0, 0.1) is 5.92 Å². The van der Waals surface area contributed by atoms with E-state index in [0.29, 0.717) is 0 Å². The summed E-state index contributed by atoms with van der Waals surface area (Å²) < 4.78 is 5.61. The highest BCUT2D eigenvalue weighted by atomic mass is 16.5. The number of nitrogens with one attached hydrogen (secondary N) is 1. The van der Waals surface area contributed by atoms with E-state index in [0.717, 1.165) is 56.0 Å². The Balaban J connectivity index is 1.32. The van der Waals surface area contributed by atoms with Crippen LogP contribution in [0.2, 0.25) is 0 Å². The molecule has 1 aromatic carbocycles. The van der Waals surface area contributed by atoms with E-state index in [2.05, 4.69) is 45.5 Å². The first-order valence-corrected chi connectivity index (χ1v) is 9.19. The molecule has 0 spiro atoms. The lowest BCUT2D eigenvalue weighted by molar-refractivity contribution is -0.120. The second kappa shape index (κ2) is 7.60. The van der Waals surface area contributed by atoms with Crippen molar-refractivity contribution in [2.45, 2.75) is 19.3 Å². The molecule has 1 fully saturated rings. The van der Waals surface area contributed by atoms with Crippen LogP contribution in [0.4, 0.5) is 11.4 Å². The molecule has 2 aromatic rings. The monoisotopic (exact) mass is 349 g/mol. The smallest absolute Gasteiger partial charge is 0.227 e. The molecule has 4 rings (SSSR count). The Morgan fingerprint density at radius 1 is 1.08 bits per heavy atom. The van der Waals surface area contributed by atoms with Crippen molar-refractivity contribution in [3.05, 3.63) is 60.4 Å². The first-order valence-electron chi connectivity index (χ1n) is 9.19. The topological polar surface area (TPSA) is 54.5 Å². The molecule has 26 heavy (non-hydrogen) atoms. The predicted molar refractivity (Wildman–Crippen MR) is 103 cm³/mol. The minimum absolute atomic E-state index is 0.0655. The molecule has 1 saturated heterocycles. The van der Waals surface area contributed by atoms with Gasteiger partial charge in [-0.25, -0.2) is 0 Å². The van der Waals surface area contributed by atoms with E-state index in [1.165, 1.54) is 5.69 Å². The van der Waals surface area contributed by atoms with Gasteiger partial charge in [0.25, 0.3) is 0 Å². The molecule has 0 aliphatic carbocycles. The van der Waals surface area contributed by atoms with Crippen LogP contribution in [-0.4, -0.2) is 30.6 Å². The number of aromatic nitrogens is 1. The Hall–Kier alpha value is -2.82. The number of piperidine rings is 1. The number of pyridine rings is 1. The molecule has 5 heteroatoms. The molecule has 134 valence electrons. The van der Waals surface area contributed by atoms with Gasteiger partial charge in [0, 0.05) is 54.8 Å². The number of ether oxygens (including phenoxy) is 1. The molecular formula is C21H23N3O2. The zero-order valence-corrected chi connectivity index (χ0v) is 14.7. The van der Waals surface area contributed by atoms with E-state index < -0.39 is 0 Å². The lowest BCUT2D eigenvalue weighted by Gasteiger charge is -2.33. The highest BCUT2D eigenvalue weighted by Crippen LogP contribution is 2.27. The molecule has 0 atom stereocenters. The van der Waals surface area contributed by atoms with E-state index in [4.69, 9.17) is 4.74 Å². The van der Waals surface area contributed by atoms with Crippen molar-refractivity contribution >= 4 is 23.0 Å². The fourth-order valence-electron chi connectivity index (χ4n) is 3.53. The van der Waals surface area contributed by atoms with Gasteiger partial charge in [0.15, 0.2) is 0 Å². The maximum Gasteiger partial charge on any atom is 0.227 e. The van der Waals surface area contributed by atoms with Crippen molar-refractivity contribution in [1.29, 1.82) is 0 Å².